The van der Waals surface area contributed by atoms with Gasteiger partial charge >= 0.3 is 0 Å². The standard InChI is InChI=1S/C18H27NO2/c1-3-4-5-6-13-10-16(20)18(17(21)11-13)14-9-12(2)7-8-15(14)19/h9-11,14-15,20-21H,3-8,19H2,1-2H3/t14?,15-/m1/s1. The van der Waals surface area contributed by atoms with E-state index in [-0.39, 0.29) is 23.5 Å². The lowest BCUT2D eigenvalue weighted by atomic mass is 9.81. The van der Waals surface area contributed by atoms with Gasteiger partial charge in [0.1, 0.15) is 11.5 Å². The summed E-state index contributed by atoms with van der Waals surface area (Å²) >= 11 is 0. The van der Waals surface area contributed by atoms with Gasteiger partial charge in [-0.2, -0.15) is 0 Å². The maximum absolute atomic E-state index is 10.3. The molecular formula is C18H27NO2. The summed E-state index contributed by atoms with van der Waals surface area (Å²) in [5.74, 6) is 0.254. The van der Waals surface area contributed by atoms with Crippen LogP contribution < -0.4 is 5.73 Å². The number of allylic oxidation sites excluding steroid dienone is 1. The smallest absolute Gasteiger partial charge is 0.123 e. The van der Waals surface area contributed by atoms with E-state index in [4.69, 9.17) is 5.73 Å². The van der Waals surface area contributed by atoms with Gasteiger partial charge in [-0.1, -0.05) is 31.4 Å². The zero-order valence-electron chi connectivity index (χ0n) is 13.1. The van der Waals surface area contributed by atoms with Gasteiger partial charge in [0.15, 0.2) is 0 Å². The lowest BCUT2D eigenvalue weighted by Gasteiger charge is -2.28. The Morgan fingerprint density at radius 1 is 1.19 bits per heavy atom. The Kier molecular flexibility index (Phi) is 5.29. The summed E-state index contributed by atoms with van der Waals surface area (Å²) in [6.07, 6.45) is 8.27. The maximum Gasteiger partial charge on any atom is 0.123 e. The fourth-order valence-electron chi connectivity index (χ4n) is 3.13. The number of hydrogen-bond acceptors (Lipinski definition) is 3. The van der Waals surface area contributed by atoms with Crippen LogP contribution in [0.2, 0.25) is 0 Å². The molecule has 116 valence electrons. The molecule has 1 aromatic carbocycles. The van der Waals surface area contributed by atoms with Crippen LogP contribution in [0.3, 0.4) is 0 Å². The minimum atomic E-state index is -0.0940. The van der Waals surface area contributed by atoms with E-state index in [9.17, 15) is 10.2 Å². The van der Waals surface area contributed by atoms with E-state index in [2.05, 4.69) is 19.9 Å². The van der Waals surface area contributed by atoms with Crippen LogP contribution >= 0.6 is 0 Å². The van der Waals surface area contributed by atoms with Crippen LogP contribution in [0.1, 0.15) is 63.0 Å². The summed E-state index contributed by atoms with van der Waals surface area (Å²) in [5.41, 5.74) is 9.03. The van der Waals surface area contributed by atoms with Crippen LogP contribution in [0.25, 0.3) is 0 Å². The molecule has 0 heterocycles. The van der Waals surface area contributed by atoms with E-state index >= 15 is 0 Å². The molecule has 0 amide bonds. The monoisotopic (exact) mass is 289 g/mol. The van der Waals surface area contributed by atoms with E-state index < -0.39 is 0 Å². The molecule has 2 rings (SSSR count). The number of rotatable bonds is 5. The summed E-state index contributed by atoms with van der Waals surface area (Å²) in [6.45, 7) is 4.24. The molecule has 3 heteroatoms. The second-order valence-corrected chi connectivity index (χ2v) is 6.25. The number of aromatic hydroxyl groups is 2. The Bertz CT molecular complexity index is 499. The fraction of sp³-hybridized carbons (Fsp3) is 0.556. The van der Waals surface area contributed by atoms with E-state index in [1.54, 1.807) is 12.1 Å². The van der Waals surface area contributed by atoms with Crippen LogP contribution in [0.4, 0.5) is 0 Å². The van der Waals surface area contributed by atoms with Gasteiger partial charge in [-0.15, -0.1) is 0 Å². The van der Waals surface area contributed by atoms with Gasteiger partial charge in [-0.3, -0.25) is 0 Å². The van der Waals surface area contributed by atoms with Crippen molar-refractivity contribution in [1.82, 2.24) is 0 Å². The van der Waals surface area contributed by atoms with Gasteiger partial charge < -0.3 is 15.9 Å². The molecular weight excluding hydrogens is 262 g/mol. The van der Waals surface area contributed by atoms with Crippen LogP contribution in [-0.4, -0.2) is 16.3 Å². The second-order valence-electron chi connectivity index (χ2n) is 6.25. The highest BCUT2D eigenvalue weighted by atomic mass is 16.3. The Hall–Kier alpha value is -1.48. The number of benzene rings is 1. The number of phenols is 2. The van der Waals surface area contributed by atoms with Gasteiger partial charge in [0.05, 0.1) is 0 Å². The fourth-order valence-corrected chi connectivity index (χ4v) is 3.13. The average Bonchev–Trinajstić information content (AvgIpc) is 2.42. The molecule has 0 saturated carbocycles. The normalized spacial score (nSPS) is 22.1. The molecule has 1 aliphatic rings. The highest BCUT2D eigenvalue weighted by Gasteiger charge is 2.27. The van der Waals surface area contributed by atoms with E-state index in [0.29, 0.717) is 5.56 Å². The number of unbranched alkanes of at least 4 members (excludes halogenated alkanes) is 2. The summed E-state index contributed by atoms with van der Waals surface area (Å²) in [7, 11) is 0. The third-order valence-electron chi connectivity index (χ3n) is 4.40. The Morgan fingerprint density at radius 3 is 2.48 bits per heavy atom. The molecule has 1 aromatic rings. The number of hydrogen-bond donors (Lipinski definition) is 3. The largest absolute Gasteiger partial charge is 0.507 e. The molecule has 2 atom stereocenters. The van der Waals surface area contributed by atoms with Crippen molar-refractivity contribution < 1.29 is 10.2 Å². The Labute approximate surface area is 127 Å². The van der Waals surface area contributed by atoms with Gasteiger partial charge in [-0.25, -0.2) is 0 Å². The zero-order valence-corrected chi connectivity index (χ0v) is 13.1. The van der Waals surface area contributed by atoms with Crippen molar-refractivity contribution in [2.75, 3.05) is 0 Å². The lowest BCUT2D eigenvalue weighted by Crippen LogP contribution is -2.30. The van der Waals surface area contributed by atoms with Gasteiger partial charge in [0.2, 0.25) is 0 Å². The molecule has 0 spiro atoms. The number of aryl methyl sites for hydroxylation is 1. The minimum absolute atomic E-state index is 0.0450. The first-order valence-corrected chi connectivity index (χ1v) is 8.00. The first-order chi connectivity index (χ1) is 10.0. The van der Waals surface area contributed by atoms with Crippen LogP contribution in [0.15, 0.2) is 23.8 Å². The van der Waals surface area contributed by atoms with E-state index in [1.165, 1.54) is 12.0 Å². The molecule has 3 nitrogen and oxygen atoms in total. The molecule has 21 heavy (non-hydrogen) atoms. The zero-order chi connectivity index (χ0) is 15.4. The molecule has 0 saturated heterocycles. The molecule has 0 aromatic heterocycles. The van der Waals surface area contributed by atoms with Crippen molar-refractivity contribution in [2.24, 2.45) is 5.73 Å². The predicted octanol–water partition coefficient (Wildman–Crippen LogP) is 3.98. The van der Waals surface area contributed by atoms with Crippen LogP contribution in [0.5, 0.6) is 11.5 Å². The first kappa shape index (κ1) is 15.9. The van der Waals surface area contributed by atoms with Crippen molar-refractivity contribution >= 4 is 0 Å². The van der Waals surface area contributed by atoms with Crippen molar-refractivity contribution in [3.63, 3.8) is 0 Å². The predicted molar refractivity (Wildman–Crippen MR) is 86.7 cm³/mol. The summed E-state index contributed by atoms with van der Waals surface area (Å²) in [6, 6.07) is 3.53. The number of nitrogens with two attached hydrogens (primary N) is 1. The Morgan fingerprint density at radius 2 is 1.86 bits per heavy atom. The van der Waals surface area contributed by atoms with Crippen molar-refractivity contribution in [1.29, 1.82) is 0 Å². The van der Waals surface area contributed by atoms with Crippen LogP contribution in [0, 0.1) is 0 Å². The molecule has 0 bridgehead atoms. The number of phenolic OH excluding ortho intramolecular Hbond substituents is 2. The lowest BCUT2D eigenvalue weighted by molar-refractivity contribution is 0.417. The van der Waals surface area contributed by atoms with Crippen molar-refractivity contribution in [2.45, 2.75) is 64.3 Å². The summed E-state index contributed by atoms with van der Waals surface area (Å²) in [5, 5.41) is 20.7. The molecule has 4 N–H and O–H groups in total. The Balaban J connectivity index is 2.26. The first-order valence-electron chi connectivity index (χ1n) is 8.00. The van der Waals surface area contributed by atoms with E-state index in [1.807, 2.05) is 0 Å². The van der Waals surface area contributed by atoms with Gasteiger partial charge in [0.25, 0.3) is 0 Å². The molecule has 1 unspecified atom stereocenters. The minimum Gasteiger partial charge on any atom is -0.507 e. The topological polar surface area (TPSA) is 66.5 Å². The second kappa shape index (κ2) is 6.99. The third kappa shape index (κ3) is 3.79. The molecule has 0 radical (unpaired) electrons. The van der Waals surface area contributed by atoms with Gasteiger partial charge in [-0.05, 0) is 50.3 Å². The van der Waals surface area contributed by atoms with E-state index in [0.717, 1.165) is 37.7 Å². The summed E-state index contributed by atoms with van der Waals surface area (Å²) < 4.78 is 0. The van der Waals surface area contributed by atoms with Crippen molar-refractivity contribution in [3.05, 3.63) is 34.9 Å². The van der Waals surface area contributed by atoms with Crippen molar-refractivity contribution in [3.8, 4) is 11.5 Å². The highest BCUT2D eigenvalue weighted by Crippen LogP contribution is 2.41. The molecule has 0 fully saturated rings. The van der Waals surface area contributed by atoms with Gasteiger partial charge in [0, 0.05) is 17.5 Å². The van der Waals surface area contributed by atoms with Crippen LogP contribution in [-0.2, 0) is 6.42 Å². The SMILES string of the molecule is CCCCCc1cc(O)c(C2C=C(C)CC[C@H]2N)c(O)c1. The summed E-state index contributed by atoms with van der Waals surface area (Å²) in [4.78, 5) is 0. The maximum atomic E-state index is 10.3. The highest BCUT2D eigenvalue weighted by molar-refractivity contribution is 5.51. The quantitative estimate of drug-likeness (QED) is 0.567. The molecule has 0 aliphatic heterocycles. The third-order valence-corrected chi connectivity index (χ3v) is 4.40. The molecule has 1 aliphatic carbocycles. The average molecular weight is 289 g/mol.